The van der Waals surface area contributed by atoms with Crippen LogP contribution in [0, 0.1) is 0 Å². The van der Waals surface area contributed by atoms with Crippen LogP contribution in [0.4, 0.5) is 5.69 Å². The molecule has 8 nitrogen and oxygen atoms in total. The third-order valence-electron chi connectivity index (χ3n) is 5.52. The number of fused-ring (bicyclic) bond motifs is 1. The molecule has 1 aromatic heterocycles. The zero-order valence-electron chi connectivity index (χ0n) is 16.6. The predicted molar refractivity (Wildman–Crippen MR) is 112 cm³/mol. The summed E-state index contributed by atoms with van der Waals surface area (Å²) in [7, 11) is 0. The minimum Gasteiger partial charge on any atom is -0.353 e. The number of piperidine rings is 1. The molecule has 1 saturated heterocycles. The number of aromatic nitrogens is 1. The summed E-state index contributed by atoms with van der Waals surface area (Å²) in [5, 5.41) is 8.41. The number of anilines is 1. The molecule has 2 aromatic rings. The lowest BCUT2D eigenvalue weighted by Gasteiger charge is -2.32. The lowest BCUT2D eigenvalue weighted by Crippen LogP contribution is -2.48. The van der Waals surface area contributed by atoms with Crippen molar-refractivity contribution in [3.05, 3.63) is 59.9 Å². The summed E-state index contributed by atoms with van der Waals surface area (Å²) >= 11 is 0. The Kier molecular flexibility index (Phi) is 6.04. The number of rotatable bonds is 5. The Morgan fingerprint density at radius 1 is 1.13 bits per heavy atom. The van der Waals surface area contributed by atoms with E-state index in [-0.39, 0.29) is 30.2 Å². The largest absolute Gasteiger partial charge is 0.353 e. The summed E-state index contributed by atoms with van der Waals surface area (Å²) in [5.41, 5.74) is 2.04. The maximum Gasteiger partial charge on any atom is 0.254 e. The van der Waals surface area contributed by atoms with Crippen molar-refractivity contribution in [3.63, 3.8) is 0 Å². The number of nitrogens with one attached hydrogen (secondary N) is 3. The second-order valence-corrected chi connectivity index (χ2v) is 7.74. The Morgan fingerprint density at radius 2 is 1.93 bits per heavy atom. The molecule has 3 amide bonds. The Balaban J connectivity index is 1.26. The highest BCUT2D eigenvalue weighted by Gasteiger charge is 2.30. The molecule has 1 atom stereocenters. The first kappa shape index (κ1) is 20.0. The van der Waals surface area contributed by atoms with E-state index in [4.69, 9.17) is 0 Å². The highest BCUT2D eigenvalue weighted by molar-refractivity contribution is 6.10. The van der Waals surface area contributed by atoms with Crippen molar-refractivity contribution >= 4 is 23.4 Å². The zero-order valence-corrected chi connectivity index (χ0v) is 16.6. The van der Waals surface area contributed by atoms with E-state index in [1.165, 1.54) is 5.56 Å². The van der Waals surface area contributed by atoms with Gasteiger partial charge in [0, 0.05) is 38.1 Å². The summed E-state index contributed by atoms with van der Waals surface area (Å²) in [6, 6.07) is 9.98. The molecule has 1 aromatic carbocycles. The molecule has 4 rings (SSSR count). The molecule has 156 valence electrons. The smallest absolute Gasteiger partial charge is 0.254 e. The molecular weight excluding hydrogens is 382 g/mol. The molecule has 0 spiro atoms. The third kappa shape index (κ3) is 4.83. The van der Waals surface area contributed by atoms with E-state index in [9.17, 15) is 14.4 Å². The van der Waals surface area contributed by atoms with Crippen molar-refractivity contribution in [2.24, 2.45) is 0 Å². The average Bonchev–Trinajstić information content (AvgIpc) is 2.86. The molecular formula is C22H25N5O3. The topological polar surface area (TPSA) is 103 Å². The second-order valence-electron chi connectivity index (χ2n) is 7.74. The monoisotopic (exact) mass is 407 g/mol. The van der Waals surface area contributed by atoms with Gasteiger partial charge in [0.1, 0.15) is 6.04 Å². The average molecular weight is 407 g/mol. The number of hydrogen-bond acceptors (Lipinski definition) is 5. The predicted octanol–water partition coefficient (Wildman–Crippen LogP) is 1.30. The molecule has 3 heterocycles. The fraction of sp³-hybridized carbons (Fsp3) is 0.364. The number of carbonyl (C=O) groups excluding carboxylic acids is 3. The molecule has 2 aliphatic heterocycles. The number of para-hydroxylation sites is 1. The fourth-order valence-corrected chi connectivity index (χ4v) is 3.91. The van der Waals surface area contributed by atoms with Gasteiger partial charge in [-0.3, -0.25) is 24.3 Å². The van der Waals surface area contributed by atoms with Gasteiger partial charge in [-0.2, -0.15) is 0 Å². The maximum absolute atomic E-state index is 12.5. The van der Waals surface area contributed by atoms with Gasteiger partial charge in [-0.25, -0.2) is 0 Å². The van der Waals surface area contributed by atoms with Crippen LogP contribution in [0.1, 0.15) is 35.2 Å². The van der Waals surface area contributed by atoms with Gasteiger partial charge in [-0.05, 0) is 36.6 Å². The quantitative estimate of drug-likeness (QED) is 0.693. The van der Waals surface area contributed by atoms with Gasteiger partial charge < -0.3 is 16.0 Å². The van der Waals surface area contributed by atoms with Crippen molar-refractivity contribution in [2.45, 2.75) is 37.9 Å². The first-order chi connectivity index (χ1) is 14.6. The van der Waals surface area contributed by atoms with Crippen LogP contribution in [0.25, 0.3) is 0 Å². The summed E-state index contributed by atoms with van der Waals surface area (Å²) in [5.74, 6) is -0.965. The number of carbonyl (C=O) groups is 3. The van der Waals surface area contributed by atoms with Gasteiger partial charge in [-0.15, -0.1) is 0 Å². The molecule has 0 aliphatic carbocycles. The maximum atomic E-state index is 12.5. The Hall–Kier alpha value is -3.26. The van der Waals surface area contributed by atoms with Crippen LogP contribution in [-0.2, 0) is 16.1 Å². The van der Waals surface area contributed by atoms with Crippen molar-refractivity contribution in [2.75, 3.05) is 18.4 Å². The number of benzene rings is 1. The first-order valence-corrected chi connectivity index (χ1v) is 10.2. The van der Waals surface area contributed by atoms with Gasteiger partial charge in [-0.1, -0.05) is 18.2 Å². The minimum absolute atomic E-state index is 0.0735. The van der Waals surface area contributed by atoms with E-state index < -0.39 is 6.04 Å². The molecule has 8 heteroatoms. The van der Waals surface area contributed by atoms with Gasteiger partial charge in [0.15, 0.2) is 0 Å². The van der Waals surface area contributed by atoms with Crippen LogP contribution in [0.5, 0.6) is 0 Å². The summed E-state index contributed by atoms with van der Waals surface area (Å²) in [6.45, 7) is 2.62. The van der Waals surface area contributed by atoms with Gasteiger partial charge in [0.2, 0.25) is 11.8 Å². The van der Waals surface area contributed by atoms with Crippen molar-refractivity contribution < 1.29 is 14.4 Å². The standard InChI is InChI=1S/C22H25N5O3/c28-20(12-19-22(30)25-18-6-2-1-5-17(18)21(29)26-19)24-16-7-10-27(11-8-16)14-15-4-3-9-23-13-15/h1-6,9,13,16,19H,7-8,10-12,14H2,(H,24,28)(H,25,30)(H,26,29)/t19-/m1/s1. The van der Waals surface area contributed by atoms with E-state index >= 15 is 0 Å². The Labute approximate surface area is 175 Å². The van der Waals surface area contributed by atoms with E-state index in [1.807, 2.05) is 12.3 Å². The van der Waals surface area contributed by atoms with E-state index in [1.54, 1.807) is 30.5 Å². The molecule has 0 bridgehead atoms. The molecule has 0 radical (unpaired) electrons. The number of likely N-dealkylation sites (tertiary alicyclic amines) is 1. The molecule has 2 aliphatic rings. The summed E-state index contributed by atoms with van der Waals surface area (Å²) < 4.78 is 0. The second kappa shape index (κ2) is 9.04. The highest BCUT2D eigenvalue weighted by Crippen LogP contribution is 2.19. The number of nitrogens with zero attached hydrogens (tertiary/aromatic N) is 2. The molecule has 1 fully saturated rings. The molecule has 30 heavy (non-hydrogen) atoms. The van der Waals surface area contributed by atoms with Crippen LogP contribution in [-0.4, -0.2) is 52.8 Å². The van der Waals surface area contributed by atoms with Crippen LogP contribution in [0.15, 0.2) is 48.8 Å². The van der Waals surface area contributed by atoms with Crippen molar-refractivity contribution in [1.29, 1.82) is 0 Å². The number of amides is 3. The molecule has 0 unspecified atom stereocenters. The lowest BCUT2D eigenvalue weighted by molar-refractivity contribution is -0.126. The Morgan fingerprint density at radius 3 is 2.70 bits per heavy atom. The van der Waals surface area contributed by atoms with E-state index in [0.29, 0.717) is 11.3 Å². The SMILES string of the molecule is O=C(C[C@H]1NC(=O)c2ccccc2NC1=O)NC1CCN(Cc2cccnc2)CC1. The lowest BCUT2D eigenvalue weighted by atomic mass is 10.0. The third-order valence-corrected chi connectivity index (χ3v) is 5.52. The normalized spacial score (nSPS) is 19.9. The minimum atomic E-state index is -0.893. The van der Waals surface area contributed by atoms with Crippen LogP contribution in [0.2, 0.25) is 0 Å². The number of hydrogen-bond donors (Lipinski definition) is 3. The fourth-order valence-electron chi connectivity index (χ4n) is 3.91. The summed E-state index contributed by atoms with van der Waals surface area (Å²) in [6.07, 6.45) is 5.25. The van der Waals surface area contributed by atoms with Gasteiger partial charge in [0.05, 0.1) is 17.7 Å². The Bertz CT molecular complexity index is 925. The van der Waals surface area contributed by atoms with Crippen molar-refractivity contribution in [1.82, 2.24) is 20.5 Å². The van der Waals surface area contributed by atoms with Crippen LogP contribution >= 0.6 is 0 Å². The van der Waals surface area contributed by atoms with Crippen LogP contribution in [0.3, 0.4) is 0 Å². The van der Waals surface area contributed by atoms with Crippen molar-refractivity contribution in [3.8, 4) is 0 Å². The summed E-state index contributed by atoms with van der Waals surface area (Å²) in [4.78, 5) is 43.8. The number of pyridine rings is 1. The highest BCUT2D eigenvalue weighted by atomic mass is 16.2. The molecule has 0 saturated carbocycles. The zero-order chi connectivity index (χ0) is 20.9. The van der Waals surface area contributed by atoms with Gasteiger partial charge >= 0.3 is 0 Å². The van der Waals surface area contributed by atoms with Crippen LogP contribution < -0.4 is 16.0 Å². The van der Waals surface area contributed by atoms with E-state index in [2.05, 4.69) is 31.9 Å². The van der Waals surface area contributed by atoms with Gasteiger partial charge in [0.25, 0.3) is 5.91 Å². The first-order valence-electron chi connectivity index (χ1n) is 10.2. The van der Waals surface area contributed by atoms with E-state index in [0.717, 1.165) is 32.5 Å². The molecule has 3 N–H and O–H groups in total.